The molecule has 0 amide bonds. The first-order valence-electron chi connectivity index (χ1n) is 6.33. The van der Waals surface area contributed by atoms with Crippen molar-refractivity contribution in [3.63, 3.8) is 0 Å². The Balaban J connectivity index is 2.14. The van der Waals surface area contributed by atoms with Gasteiger partial charge in [0.1, 0.15) is 5.82 Å². The summed E-state index contributed by atoms with van der Waals surface area (Å²) >= 11 is 3.46. The van der Waals surface area contributed by atoms with Crippen LogP contribution in [0.3, 0.4) is 0 Å². The van der Waals surface area contributed by atoms with Gasteiger partial charge < -0.3 is 0 Å². The van der Waals surface area contributed by atoms with Crippen LogP contribution < -0.4 is 0 Å². The Kier molecular flexibility index (Phi) is 4.71. The summed E-state index contributed by atoms with van der Waals surface area (Å²) in [4.78, 5) is -0.149. The second-order valence-corrected chi connectivity index (χ2v) is 6.03. The third-order valence-electron chi connectivity index (χ3n) is 3.12. The van der Waals surface area contributed by atoms with Gasteiger partial charge in [-0.3, -0.25) is 0 Å². The number of alkyl halides is 4. The van der Waals surface area contributed by atoms with Gasteiger partial charge in [0, 0.05) is 4.83 Å². The van der Waals surface area contributed by atoms with Gasteiger partial charge in [-0.15, -0.1) is 0 Å². The lowest BCUT2D eigenvalue weighted by Gasteiger charge is -2.12. The molecular weight excluding hydrogens is 348 g/mol. The Labute approximate surface area is 128 Å². The maximum absolute atomic E-state index is 13.4. The Morgan fingerprint density at radius 2 is 1.67 bits per heavy atom. The molecule has 2 aromatic carbocycles. The molecule has 0 aliphatic carbocycles. The number of hydrogen-bond acceptors (Lipinski definition) is 0. The first-order chi connectivity index (χ1) is 9.75. The summed E-state index contributed by atoms with van der Waals surface area (Å²) in [5.74, 6) is -0.318. The lowest BCUT2D eigenvalue weighted by Crippen LogP contribution is -2.05. The van der Waals surface area contributed by atoms with Gasteiger partial charge in [-0.25, -0.2) is 4.39 Å². The number of benzene rings is 2. The summed E-state index contributed by atoms with van der Waals surface area (Å²) < 4.78 is 50.8. The fraction of sp³-hybridized carbons (Fsp3) is 0.250. The zero-order valence-electron chi connectivity index (χ0n) is 11.2. The molecule has 0 nitrogen and oxygen atoms in total. The van der Waals surface area contributed by atoms with Crippen LogP contribution in [-0.2, 0) is 12.6 Å². The molecule has 0 heterocycles. The van der Waals surface area contributed by atoms with E-state index in [-0.39, 0.29) is 10.6 Å². The van der Waals surface area contributed by atoms with Crippen molar-refractivity contribution >= 4 is 15.9 Å². The molecule has 0 saturated carbocycles. The highest BCUT2D eigenvalue weighted by atomic mass is 79.9. The average Bonchev–Trinajstić information content (AvgIpc) is 2.37. The molecule has 1 atom stereocenters. The molecule has 2 rings (SSSR count). The van der Waals surface area contributed by atoms with Crippen LogP contribution in [0.2, 0.25) is 0 Å². The Bertz CT molecular complexity index is 597. The molecule has 0 aliphatic heterocycles. The van der Waals surface area contributed by atoms with E-state index in [0.717, 1.165) is 28.8 Å². The zero-order valence-corrected chi connectivity index (χ0v) is 12.8. The van der Waals surface area contributed by atoms with E-state index in [9.17, 15) is 17.6 Å². The lowest BCUT2D eigenvalue weighted by atomic mass is 10.0. The summed E-state index contributed by atoms with van der Waals surface area (Å²) in [5.41, 5.74) is 1.67. The van der Waals surface area contributed by atoms with E-state index in [1.54, 1.807) is 6.92 Å². The van der Waals surface area contributed by atoms with Gasteiger partial charge in [-0.05, 0) is 54.3 Å². The minimum atomic E-state index is -4.33. The Hall–Kier alpha value is -1.36. The van der Waals surface area contributed by atoms with Gasteiger partial charge in [0.25, 0.3) is 0 Å². The molecule has 0 fully saturated rings. The van der Waals surface area contributed by atoms with E-state index in [2.05, 4.69) is 15.9 Å². The van der Waals surface area contributed by atoms with Gasteiger partial charge >= 0.3 is 6.18 Å². The van der Waals surface area contributed by atoms with E-state index in [1.165, 1.54) is 24.3 Å². The highest BCUT2D eigenvalue weighted by molar-refractivity contribution is 9.09. The van der Waals surface area contributed by atoms with Gasteiger partial charge in [-0.1, -0.05) is 34.1 Å². The van der Waals surface area contributed by atoms with Crippen molar-refractivity contribution in [2.75, 3.05) is 0 Å². The van der Waals surface area contributed by atoms with Crippen molar-refractivity contribution in [1.82, 2.24) is 0 Å². The molecular formula is C16H13BrF4. The van der Waals surface area contributed by atoms with Crippen molar-refractivity contribution in [2.24, 2.45) is 0 Å². The van der Waals surface area contributed by atoms with Crippen LogP contribution in [-0.4, -0.2) is 0 Å². The molecule has 5 heteroatoms. The van der Waals surface area contributed by atoms with Crippen LogP contribution in [0.25, 0.3) is 0 Å². The fourth-order valence-electron chi connectivity index (χ4n) is 2.10. The molecule has 0 bridgehead atoms. The first-order valence-corrected chi connectivity index (χ1v) is 7.24. The number of rotatable bonds is 3. The smallest absolute Gasteiger partial charge is 0.207 e. The molecule has 0 aromatic heterocycles. The summed E-state index contributed by atoms with van der Waals surface area (Å²) in [6, 6.07) is 9.73. The lowest BCUT2D eigenvalue weighted by molar-refractivity contribution is -0.137. The van der Waals surface area contributed by atoms with Crippen molar-refractivity contribution in [2.45, 2.75) is 24.3 Å². The van der Waals surface area contributed by atoms with E-state index in [0.29, 0.717) is 6.42 Å². The zero-order chi connectivity index (χ0) is 15.6. The molecule has 112 valence electrons. The average molecular weight is 361 g/mol. The molecule has 0 radical (unpaired) electrons. The van der Waals surface area contributed by atoms with E-state index < -0.39 is 11.7 Å². The summed E-state index contributed by atoms with van der Waals surface area (Å²) in [7, 11) is 0. The van der Waals surface area contributed by atoms with Crippen molar-refractivity contribution in [3.8, 4) is 0 Å². The summed E-state index contributed by atoms with van der Waals surface area (Å²) in [6.45, 7) is 1.80. The number of aryl methyl sites for hydroxylation is 1. The SMILES string of the molecule is Cc1cc(F)cc(C(Br)Cc2ccc(C(F)(F)F)cc2)c1. The molecule has 0 N–H and O–H groups in total. The predicted molar refractivity (Wildman–Crippen MR) is 78.0 cm³/mol. The second-order valence-electron chi connectivity index (χ2n) is 4.93. The van der Waals surface area contributed by atoms with Gasteiger partial charge in [-0.2, -0.15) is 13.2 Å². The maximum atomic E-state index is 13.4. The van der Waals surface area contributed by atoms with Crippen LogP contribution in [0, 0.1) is 12.7 Å². The Morgan fingerprint density at radius 3 is 2.19 bits per heavy atom. The van der Waals surface area contributed by atoms with E-state index in [1.807, 2.05) is 6.07 Å². The van der Waals surface area contributed by atoms with Gasteiger partial charge in [0.15, 0.2) is 0 Å². The van der Waals surface area contributed by atoms with Crippen molar-refractivity contribution in [1.29, 1.82) is 0 Å². The molecule has 1 unspecified atom stereocenters. The minimum Gasteiger partial charge on any atom is -0.207 e. The molecule has 0 aliphatic rings. The number of halogens is 5. The predicted octanol–water partition coefficient (Wildman–Crippen LogP) is 5.83. The molecule has 0 saturated heterocycles. The normalized spacial score (nSPS) is 13.2. The van der Waals surface area contributed by atoms with Crippen LogP contribution in [0.1, 0.15) is 27.1 Å². The van der Waals surface area contributed by atoms with Crippen LogP contribution in [0.15, 0.2) is 42.5 Å². The van der Waals surface area contributed by atoms with Gasteiger partial charge in [0.2, 0.25) is 0 Å². The highest BCUT2D eigenvalue weighted by Gasteiger charge is 2.29. The highest BCUT2D eigenvalue weighted by Crippen LogP contribution is 2.31. The van der Waals surface area contributed by atoms with Gasteiger partial charge in [0.05, 0.1) is 5.56 Å². The van der Waals surface area contributed by atoms with Crippen LogP contribution in [0.5, 0.6) is 0 Å². The molecule has 0 spiro atoms. The molecule has 21 heavy (non-hydrogen) atoms. The first kappa shape index (κ1) is 16.0. The third-order valence-corrected chi connectivity index (χ3v) is 3.97. The van der Waals surface area contributed by atoms with E-state index >= 15 is 0 Å². The summed E-state index contributed by atoms with van der Waals surface area (Å²) in [6.07, 6.45) is -3.84. The fourth-order valence-corrected chi connectivity index (χ4v) is 2.74. The van der Waals surface area contributed by atoms with E-state index in [4.69, 9.17) is 0 Å². The Morgan fingerprint density at radius 1 is 1.05 bits per heavy atom. The maximum Gasteiger partial charge on any atom is 0.416 e. The standard InChI is InChI=1S/C16H13BrF4/c1-10-6-12(9-14(18)7-10)15(17)8-11-2-4-13(5-3-11)16(19,20)21/h2-7,9,15H,8H2,1H3. The largest absolute Gasteiger partial charge is 0.416 e. The van der Waals surface area contributed by atoms with Crippen molar-refractivity contribution in [3.05, 3.63) is 70.5 Å². The summed E-state index contributed by atoms with van der Waals surface area (Å²) in [5, 5.41) is 0. The number of hydrogen-bond donors (Lipinski definition) is 0. The monoisotopic (exact) mass is 360 g/mol. The quantitative estimate of drug-likeness (QED) is 0.477. The third kappa shape index (κ3) is 4.30. The topological polar surface area (TPSA) is 0 Å². The second kappa shape index (κ2) is 6.18. The molecule has 2 aromatic rings. The van der Waals surface area contributed by atoms with Crippen molar-refractivity contribution < 1.29 is 17.6 Å². The minimum absolute atomic E-state index is 0.149. The van der Waals surface area contributed by atoms with Crippen LogP contribution >= 0.6 is 15.9 Å². The van der Waals surface area contributed by atoms with Crippen LogP contribution in [0.4, 0.5) is 17.6 Å².